The average Bonchev–Trinajstić information content (AvgIpc) is 3.10. The standard InChI is InChI=1S/C19H16N2O4/c22-18(20-10-13-5-6-16-17(9-13)25-12-24-16)11-21-8-7-14-3-1-2-4-15(14)19(21)23/h1-9H,10-12H2,(H,20,22). The molecule has 6 heteroatoms. The Morgan fingerprint density at radius 3 is 2.84 bits per heavy atom. The van der Waals surface area contributed by atoms with E-state index in [2.05, 4.69) is 5.32 Å². The Labute approximate surface area is 143 Å². The number of hydrogen-bond acceptors (Lipinski definition) is 4. The van der Waals surface area contributed by atoms with Crippen molar-refractivity contribution in [3.63, 3.8) is 0 Å². The van der Waals surface area contributed by atoms with Gasteiger partial charge in [0.25, 0.3) is 5.56 Å². The van der Waals surface area contributed by atoms with Crippen LogP contribution < -0.4 is 20.3 Å². The lowest BCUT2D eigenvalue weighted by molar-refractivity contribution is -0.121. The van der Waals surface area contributed by atoms with E-state index in [0.717, 1.165) is 10.9 Å². The molecule has 1 N–H and O–H groups in total. The van der Waals surface area contributed by atoms with E-state index in [1.807, 2.05) is 42.5 Å². The number of benzene rings is 2. The normalized spacial score (nSPS) is 12.3. The summed E-state index contributed by atoms with van der Waals surface area (Å²) in [6.45, 7) is 0.558. The topological polar surface area (TPSA) is 69.6 Å². The second kappa shape index (κ2) is 6.32. The van der Waals surface area contributed by atoms with Gasteiger partial charge in [-0.15, -0.1) is 0 Å². The zero-order chi connectivity index (χ0) is 17.2. The maximum Gasteiger partial charge on any atom is 0.258 e. The highest BCUT2D eigenvalue weighted by Gasteiger charge is 2.13. The molecule has 0 bridgehead atoms. The van der Waals surface area contributed by atoms with Gasteiger partial charge in [0.2, 0.25) is 12.7 Å². The lowest BCUT2D eigenvalue weighted by atomic mass is 10.2. The molecule has 0 saturated heterocycles. The second-order valence-corrected chi connectivity index (χ2v) is 5.80. The summed E-state index contributed by atoms with van der Waals surface area (Å²) in [7, 11) is 0. The lowest BCUT2D eigenvalue weighted by Crippen LogP contribution is -2.31. The van der Waals surface area contributed by atoms with E-state index in [1.54, 1.807) is 12.3 Å². The summed E-state index contributed by atoms with van der Waals surface area (Å²) in [6.07, 6.45) is 1.64. The summed E-state index contributed by atoms with van der Waals surface area (Å²) in [5.41, 5.74) is 0.736. The molecule has 0 spiro atoms. The van der Waals surface area contributed by atoms with Crippen LogP contribution in [0.25, 0.3) is 10.8 Å². The van der Waals surface area contributed by atoms with E-state index in [1.165, 1.54) is 4.57 Å². The van der Waals surface area contributed by atoms with E-state index in [4.69, 9.17) is 9.47 Å². The number of hydrogen-bond donors (Lipinski definition) is 1. The third-order valence-corrected chi connectivity index (χ3v) is 4.13. The van der Waals surface area contributed by atoms with Gasteiger partial charge in [0.05, 0.1) is 0 Å². The summed E-state index contributed by atoms with van der Waals surface area (Å²) in [5.74, 6) is 1.16. The number of nitrogens with one attached hydrogen (secondary N) is 1. The fraction of sp³-hybridized carbons (Fsp3) is 0.158. The van der Waals surface area contributed by atoms with E-state index in [-0.39, 0.29) is 24.8 Å². The van der Waals surface area contributed by atoms with Gasteiger partial charge in [0, 0.05) is 18.1 Å². The van der Waals surface area contributed by atoms with Crippen molar-refractivity contribution in [2.45, 2.75) is 13.1 Å². The summed E-state index contributed by atoms with van der Waals surface area (Å²) >= 11 is 0. The molecule has 2 aromatic carbocycles. The quantitative estimate of drug-likeness (QED) is 0.792. The largest absolute Gasteiger partial charge is 0.454 e. The van der Waals surface area contributed by atoms with Crippen molar-refractivity contribution in [1.29, 1.82) is 0 Å². The van der Waals surface area contributed by atoms with E-state index >= 15 is 0 Å². The zero-order valence-electron chi connectivity index (χ0n) is 13.4. The summed E-state index contributed by atoms with van der Waals surface area (Å²) < 4.78 is 12.0. The van der Waals surface area contributed by atoms with E-state index in [0.29, 0.717) is 23.4 Å². The van der Waals surface area contributed by atoms with Crippen LogP contribution in [0.4, 0.5) is 0 Å². The number of ether oxygens (including phenoxy) is 2. The molecule has 0 radical (unpaired) electrons. The maximum absolute atomic E-state index is 12.4. The molecule has 2 heterocycles. The smallest absolute Gasteiger partial charge is 0.258 e. The first-order chi connectivity index (χ1) is 12.2. The Kier molecular flexibility index (Phi) is 3.85. The predicted octanol–water partition coefficient (Wildman–Crippen LogP) is 2.05. The minimum atomic E-state index is -0.227. The first kappa shape index (κ1) is 15.3. The van der Waals surface area contributed by atoms with E-state index in [9.17, 15) is 9.59 Å². The number of rotatable bonds is 4. The van der Waals surface area contributed by atoms with Gasteiger partial charge in [0.15, 0.2) is 11.5 Å². The van der Waals surface area contributed by atoms with Crippen LogP contribution in [0.15, 0.2) is 59.5 Å². The molecule has 1 amide bonds. The fourth-order valence-electron chi connectivity index (χ4n) is 2.82. The molecule has 126 valence electrons. The van der Waals surface area contributed by atoms with Crippen LogP contribution in [0.5, 0.6) is 11.5 Å². The van der Waals surface area contributed by atoms with Crippen molar-refractivity contribution in [1.82, 2.24) is 9.88 Å². The molecular weight excluding hydrogens is 320 g/mol. The summed E-state index contributed by atoms with van der Waals surface area (Å²) in [5, 5.41) is 4.29. The molecule has 0 fully saturated rings. The number of aromatic nitrogens is 1. The lowest BCUT2D eigenvalue weighted by Gasteiger charge is -2.09. The van der Waals surface area contributed by atoms with Gasteiger partial charge in [-0.1, -0.05) is 24.3 Å². The number of pyridine rings is 1. The molecule has 4 rings (SSSR count). The highest BCUT2D eigenvalue weighted by Crippen LogP contribution is 2.32. The predicted molar refractivity (Wildman–Crippen MR) is 92.6 cm³/mol. The van der Waals surface area contributed by atoms with Crippen LogP contribution in [0.2, 0.25) is 0 Å². The number of nitrogens with zero attached hydrogens (tertiary/aromatic N) is 1. The zero-order valence-corrected chi connectivity index (χ0v) is 13.4. The highest BCUT2D eigenvalue weighted by atomic mass is 16.7. The molecular formula is C19H16N2O4. The van der Waals surface area contributed by atoms with Gasteiger partial charge >= 0.3 is 0 Å². The fourth-order valence-corrected chi connectivity index (χ4v) is 2.82. The van der Waals surface area contributed by atoms with Crippen LogP contribution >= 0.6 is 0 Å². The highest BCUT2D eigenvalue weighted by molar-refractivity contribution is 5.82. The Hall–Kier alpha value is -3.28. The van der Waals surface area contributed by atoms with Gasteiger partial charge < -0.3 is 19.4 Å². The first-order valence-electron chi connectivity index (χ1n) is 7.94. The molecule has 0 unspecified atom stereocenters. The number of amides is 1. The molecule has 0 saturated carbocycles. The molecule has 1 aliphatic heterocycles. The molecule has 25 heavy (non-hydrogen) atoms. The minimum Gasteiger partial charge on any atom is -0.454 e. The first-order valence-corrected chi connectivity index (χ1v) is 7.94. The molecule has 0 aliphatic carbocycles. The number of carbonyl (C=O) groups is 1. The van der Waals surface area contributed by atoms with Crippen LogP contribution in [-0.2, 0) is 17.9 Å². The monoisotopic (exact) mass is 336 g/mol. The minimum absolute atomic E-state index is 0.0196. The third kappa shape index (κ3) is 3.06. The van der Waals surface area contributed by atoms with Crippen LogP contribution in [-0.4, -0.2) is 17.3 Å². The Bertz CT molecular complexity index is 1010. The van der Waals surface area contributed by atoms with Crippen LogP contribution in [0.1, 0.15) is 5.56 Å². The van der Waals surface area contributed by atoms with Crippen molar-refractivity contribution in [2.24, 2.45) is 0 Å². The molecule has 6 nitrogen and oxygen atoms in total. The van der Waals surface area contributed by atoms with Crippen molar-refractivity contribution < 1.29 is 14.3 Å². The Morgan fingerprint density at radius 1 is 1.08 bits per heavy atom. The van der Waals surface area contributed by atoms with Gasteiger partial charge in [-0.3, -0.25) is 9.59 Å². The summed E-state index contributed by atoms with van der Waals surface area (Å²) in [4.78, 5) is 24.6. The number of fused-ring (bicyclic) bond motifs is 2. The summed E-state index contributed by atoms with van der Waals surface area (Å²) in [6, 6.07) is 14.7. The second-order valence-electron chi connectivity index (χ2n) is 5.80. The number of carbonyl (C=O) groups excluding carboxylic acids is 1. The average molecular weight is 336 g/mol. The molecule has 0 atom stereocenters. The molecule has 1 aliphatic rings. The molecule has 1 aromatic heterocycles. The van der Waals surface area contributed by atoms with Crippen LogP contribution in [0, 0.1) is 0 Å². The van der Waals surface area contributed by atoms with Gasteiger partial charge in [0.1, 0.15) is 6.54 Å². The van der Waals surface area contributed by atoms with E-state index < -0.39 is 0 Å². The van der Waals surface area contributed by atoms with Crippen molar-refractivity contribution in [3.05, 3.63) is 70.6 Å². The van der Waals surface area contributed by atoms with Gasteiger partial charge in [-0.25, -0.2) is 0 Å². The SMILES string of the molecule is O=C(Cn1ccc2ccccc2c1=O)NCc1ccc2c(c1)OCO2. The molecule has 3 aromatic rings. The van der Waals surface area contributed by atoms with Crippen LogP contribution in [0.3, 0.4) is 0 Å². The van der Waals surface area contributed by atoms with Crippen molar-refractivity contribution in [3.8, 4) is 11.5 Å². The van der Waals surface area contributed by atoms with Crippen molar-refractivity contribution in [2.75, 3.05) is 6.79 Å². The van der Waals surface area contributed by atoms with Gasteiger partial charge in [-0.05, 0) is 35.2 Å². The maximum atomic E-state index is 12.4. The Balaban J connectivity index is 1.44. The van der Waals surface area contributed by atoms with Gasteiger partial charge in [-0.2, -0.15) is 0 Å². The third-order valence-electron chi connectivity index (χ3n) is 4.13. The Morgan fingerprint density at radius 2 is 1.92 bits per heavy atom. The van der Waals surface area contributed by atoms with Crippen molar-refractivity contribution >= 4 is 16.7 Å².